The summed E-state index contributed by atoms with van der Waals surface area (Å²) in [6.45, 7) is 14.0. The van der Waals surface area contributed by atoms with Crippen molar-refractivity contribution in [2.24, 2.45) is 0 Å². The molecule has 1 fully saturated rings. The molecule has 1 atom stereocenters. The molecule has 0 spiro atoms. The second-order valence-electron chi connectivity index (χ2n) is 9.45. The molecule has 7 heteroatoms. The zero-order chi connectivity index (χ0) is 25.7. The first-order valence-electron chi connectivity index (χ1n) is 13.0. The summed E-state index contributed by atoms with van der Waals surface area (Å²) < 4.78 is 7.59. The van der Waals surface area contributed by atoms with Crippen molar-refractivity contribution in [3.63, 3.8) is 0 Å². The molecule has 1 aromatic heterocycles. The van der Waals surface area contributed by atoms with E-state index in [1.165, 1.54) is 0 Å². The summed E-state index contributed by atoms with van der Waals surface area (Å²) >= 11 is 0. The normalized spacial score (nSPS) is 15.1. The summed E-state index contributed by atoms with van der Waals surface area (Å²) in [4.78, 5) is 20.8. The number of amides is 1. The lowest BCUT2D eigenvalue weighted by Gasteiger charge is -2.37. The second kappa shape index (κ2) is 11.6. The number of piperazine rings is 1. The number of aromatic nitrogens is 2. The summed E-state index contributed by atoms with van der Waals surface area (Å²) in [5.74, 6) is 1.68. The minimum absolute atomic E-state index is 0.0181. The molecule has 0 radical (unpaired) electrons. The Morgan fingerprint density at radius 3 is 2.33 bits per heavy atom. The van der Waals surface area contributed by atoms with E-state index < -0.39 is 0 Å². The Hall–Kier alpha value is -3.32. The zero-order valence-electron chi connectivity index (χ0n) is 22.3. The summed E-state index contributed by atoms with van der Waals surface area (Å²) in [7, 11) is 1.61. The van der Waals surface area contributed by atoms with E-state index in [1.807, 2.05) is 47.4 Å². The van der Waals surface area contributed by atoms with Gasteiger partial charge in [-0.3, -0.25) is 4.79 Å². The van der Waals surface area contributed by atoms with E-state index >= 15 is 0 Å². The molecule has 36 heavy (non-hydrogen) atoms. The Morgan fingerprint density at radius 1 is 1.03 bits per heavy atom. The quantitative estimate of drug-likeness (QED) is 0.433. The number of anilines is 1. The lowest BCUT2D eigenvalue weighted by Crippen LogP contribution is -2.47. The van der Waals surface area contributed by atoms with Crippen molar-refractivity contribution in [1.82, 2.24) is 19.6 Å². The third kappa shape index (κ3) is 5.26. The van der Waals surface area contributed by atoms with Gasteiger partial charge in [-0.2, -0.15) is 5.10 Å². The van der Waals surface area contributed by atoms with E-state index in [9.17, 15) is 4.79 Å². The molecule has 7 nitrogen and oxygen atoms in total. The molecule has 1 aliphatic rings. The Labute approximate surface area is 215 Å². The van der Waals surface area contributed by atoms with Gasteiger partial charge in [-0.05, 0) is 51.1 Å². The first-order valence-corrected chi connectivity index (χ1v) is 13.0. The molecule has 192 valence electrons. The van der Waals surface area contributed by atoms with Gasteiger partial charge in [0, 0.05) is 37.8 Å². The molecule has 1 amide bonds. The molecule has 1 aliphatic heterocycles. The number of hydrogen-bond acceptors (Lipinski definition) is 5. The van der Waals surface area contributed by atoms with Crippen molar-refractivity contribution in [3.05, 3.63) is 71.4 Å². The van der Waals surface area contributed by atoms with Gasteiger partial charge in [0.2, 0.25) is 0 Å². The van der Waals surface area contributed by atoms with Crippen molar-refractivity contribution in [1.29, 1.82) is 0 Å². The van der Waals surface area contributed by atoms with Crippen LogP contribution in [-0.2, 0) is 6.54 Å². The maximum atomic E-state index is 13.9. The van der Waals surface area contributed by atoms with Gasteiger partial charge >= 0.3 is 0 Å². The molecule has 3 aromatic rings. The highest BCUT2D eigenvalue weighted by molar-refractivity contribution is 5.97. The van der Waals surface area contributed by atoms with Crippen LogP contribution in [0.5, 0.6) is 5.75 Å². The Balaban J connectivity index is 1.77. The van der Waals surface area contributed by atoms with Gasteiger partial charge < -0.3 is 19.4 Å². The number of carbonyl (C=O) groups is 1. The highest BCUT2D eigenvalue weighted by Gasteiger charge is 2.30. The fourth-order valence-electron chi connectivity index (χ4n) is 4.88. The van der Waals surface area contributed by atoms with Crippen LogP contribution in [-0.4, -0.2) is 71.4 Å². The van der Waals surface area contributed by atoms with Crippen LogP contribution >= 0.6 is 0 Å². The van der Waals surface area contributed by atoms with Gasteiger partial charge in [0.05, 0.1) is 30.6 Å². The van der Waals surface area contributed by atoms with Crippen LogP contribution in [0.4, 0.5) is 5.82 Å². The fraction of sp³-hybridized carbons (Fsp3) is 0.448. The standard InChI is InChI=1S/C29H39N5O2/c1-6-22(3)33(29(35)25-15-11-12-16-27(25)36-5)21-26-23(4)30-34(24-13-9-8-10-14-24)28(26)32-19-17-31(7-2)18-20-32/h8-16,22H,6-7,17-21H2,1-5H3/t22-/m0/s1. The topological polar surface area (TPSA) is 53.8 Å². The van der Waals surface area contributed by atoms with E-state index in [-0.39, 0.29) is 11.9 Å². The molecule has 2 aromatic carbocycles. The monoisotopic (exact) mass is 489 g/mol. The number of benzene rings is 2. The number of aryl methyl sites for hydroxylation is 1. The highest BCUT2D eigenvalue weighted by atomic mass is 16.5. The van der Waals surface area contributed by atoms with E-state index in [0.717, 1.165) is 61.9 Å². The molecule has 1 saturated heterocycles. The average Bonchev–Trinajstić information content (AvgIpc) is 3.26. The average molecular weight is 490 g/mol. The van der Waals surface area contributed by atoms with Crippen LogP contribution in [0.3, 0.4) is 0 Å². The molecule has 0 bridgehead atoms. The first-order chi connectivity index (χ1) is 17.5. The van der Waals surface area contributed by atoms with Crippen LogP contribution in [0.1, 0.15) is 48.8 Å². The molecule has 4 rings (SSSR count). The summed E-state index contributed by atoms with van der Waals surface area (Å²) in [6.07, 6.45) is 0.858. The van der Waals surface area contributed by atoms with Crippen LogP contribution in [0, 0.1) is 6.92 Å². The van der Waals surface area contributed by atoms with Gasteiger partial charge in [-0.1, -0.05) is 44.2 Å². The predicted molar refractivity (Wildman–Crippen MR) is 145 cm³/mol. The lowest BCUT2D eigenvalue weighted by atomic mass is 10.1. The maximum Gasteiger partial charge on any atom is 0.258 e. The number of methoxy groups -OCH3 is 1. The summed E-state index contributed by atoms with van der Waals surface area (Å²) in [5.41, 5.74) is 3.68. The zero-order valence-corrected chi connectivity index (χ0v) is 22.3. The number of ether oxygens (including phenoxy) is 1. The summed E-state index contributed by atoms with van der Waals surface area (Å²) in [5, 5.41) is 5.00. The fourth-order valence-corrected chi connectivity index (χ4v) is 4.88. The van der Waals surface area contributed by atoms with Crippen molar-refractivity contribution >= 4 is 11.7 Å². The van der Waals surface area contributed by atoms with E-state index in [1.54, 1.807) is 7.11 Å². The lowest BCUT2D eigenvalue weighted by molar-refractivity contribution is 0.0668. The molecule has 2 heterocycles. The van der Waals surface area contributed by atoms with Crippen molar-refractivity contribution < 1.29 is 9.53 Å². The Morgan fingerprint density at radius 2 is 1.69 bits per heavy atom. The van der Waals surface area contributed by atoms with Gasteiger partial charge in [0.15, 0.2) is 0 Å². The smallest absolute Gasteiger partial charge is 0.258 e. The van der Waals surface area contributed by atoms with Crippen LogP contribution in [0.2, 0.25) is 0 Å². The van der Waals surface area contributed by atoms with E-state index in [4.69, 9.17) is 9.84 Å². The number of hydrogen-bond donors (Lipinski definition) is 0. The molecular weight excluding hydrogens is 450 g/mol. The van der Waals surface area contributed by atoms with E-state index in [0.29, 0.717) is 17.9 Å². The van der Waals surface area contributed by atoms with E-state index in [2.05, 4.69) is 54.3 Å². The Kier molecular flexibility index (Phi) is 8.31. The molecular formula is C29H39N5O2. The van der Waals surface area contributed by atoms with Gasteiger partial charge in [-0.25, -0.2) is 4.68 Å². The maximum absolute atomic E-state index is 13.9. The third-order valence-corrected chi connectivity index (χ3v) is 7.33. The van der Waals surface area contributed by atoms with Gasteiger partial charge in [0.25, 0.3) is 5.91 Å². The van der Waals surface area contributed by atoms with Gasteiger partial charge in [-0.15, -0.1) is 0 Å². The Bertz CT molecular complexity index is 1150. The molecule has 0 unspecified atom stereocenters. The van der Waals surface area contributed by atoms with Crippen LogP contribution in [0.15, 0.2) is 54.6 Å². The molecule has 0 N–H and O–H groups in total. The number of nitrogens with zero attached hydrogens (tertiary/aromatic N) is 5. The number of likely N-dealkylation sites (N-methyl/N-ethyl adjacent to an activating group) is 1. The number of para-hydroxylation sites is 2. The molecule has 0 aliphatic carbocycles. The largest absolute Gasteiger partial charge is 0.496 e. The molecule has 0 saturated carbocycles. The second-order valence-corrected chi connectivity index (χ2v) is 9.45. The predicted octanol–water partition coefficient (Wildman–Crippen LogP) is 4.77. The van der Waals surface area contributed by atoms with Crippen molar-refractivity contribution in [2.45, 2.75) is 46.7 Å². The minimum atomic E-state index is -0.0181. The first kappa shape index (κ1) is 25.8. The summed E-state index contributed by atoms with van der Waals surface area (Å²) in [6, 6.07) is 17.8. The van der Waals surface area contributed by atoms with Gasteiger partial charge in [0.1, 0.15) is 11.6 Å². The number of rotatable bonds is 9. The van der Waals surface area contributed by atoms with Crippen molar-refractivity contribution in [3.8, 4) is 11.4 Å². The van der Waals surface area contributed by atoms with Crippen LogP contribution in [0.25, 0.3) is 5.69 Å². The SMILES string of the molecule is CC[C@H](C)N(Cc1c(C)nn(-c2ccccc2)c1N1CCN(CC)CC1)C(=O)c1ccccc1OC. The van der Waals surface area contributed by atoms with Crippen LogP contribution < -0.4 is 9.64 Å². The third-order valence-electron chi connectivity index (χ3n) is 7.33. The minimum Gasteiger partial charge on any atom is -0.496 e. The highest BCUT2D eigenvalue weighted by Crippen LogP contribution is 2.31. The van der Waals surface area contributed by atoms with Crippen molar-refractivity contribution in [2.75, 3.05) is 44.7 Å². The number of carbonyl (C=O) groups excluding carboxylic acids is 1.